The average Bonchev–Trinajstić information content (AvgIpc) is 2.65. The molecule has 0 aliphatic carbocycles. The molecular formula is C25H28O5. The monoisotopic (exact) mass is 408 g/mol. The van der Waals surface area contributed by atoms with Crippen LogP contribution in [0.1, 0.15) is 73.5 Å². The molecule has 5 heteroatoms. The van der Waals surface area contributed by atoms with Crippen LogP contribution in [0.5, 0.6) is 23.0 Å². The predicted molar refractivity (Wildman–Crippen MR) is 116 cm³/mol. The second-order valence-electron chi connectivity index (χ2n) is 8.11. The number of carbonyl (C=O) groups is 1. The van der Waals surface area contributed by atoms with Gasteiger partial charge in [-0.2, -0.15) is 0 Å². The molecule has 3 rings (SSSR count). The Morgan fingerprint density at radius 3 is 2.53 bits per heavy atom. The molecule has 0 aromatic heterocycles. The Balaban J connectivity index is 2.05. The normalized spacial score (nSPS) is 16.4. The number of phenols is 3. The smallest absolute Gasteiger partial charge is 0.170 e. The van der Waals surface area contributed by atoms with Gasteiger partial charge in [0.25, 0.3) is 0 Å². The number of allylic oxidation sites excluding steroid dienone is 3. The number of fused-ring (bicyclic) bond motifs is 1. The summed E-state index contributed by atoms with van der Waals surface area (Å²) in [6.07, 6.45) is 3.00. The lowest BCUT2D eigenvalue weighted by molar-refractivity contribution is 0.0843. The fourth-order valence-corrected chi connectivity index (χ4v) is 3.89. The lowest BCUT2D eigenvalue weighted by atomic mass is 9.84. The lowest BCUT2D eigenvalue weighted by Gasteiger charge is -2.30. The number of ketones is 1. The molecule has 0 bridgehead atoms. The van der Waals surface area contributed by atoms with Crippen molar-refractivity contribution in [2.45, 2.75) is 52.1 Å². The second-order valence-corrected chi connectivity index (χ2v) is 8.11. The van der Waals surface area contributed by atoms with Crippen molar-refractivity contribution in [3.8, 4) is 23.0 Å². The Hall–Kier alpha value is -3.21. The quantitative estimate of drug-likeness (QED) is 0.517. The van der Waals surface area contributed by atoms with Gasteiger partial charge in [-0.3, -0.25) is 4.79 Å². The minimum Gasteiger partial charge on any atom is -0.508 e. The maximum absolute atomic E-state index is 12.9. The summed E-state index contributed by atoms with van der Waals surface area (Å²) in [6.45, 7) is 10.1. The maximum atomic E-state index is 12.9. The van der Waals surface area contributed by atoms with Gasteiger partial charge in [0.15, 0.2) is 5.78 Å². The first-order valence-electron chi connectivity index (χ1n) is 10.1. The lowest BCUT2D eigenvalue weighted by Crippen LogP contribution is -2.22. The van der Waals surface area contributed by atoms with Gasteiger partial charge in [0.05, 0.1) is 12.0 Å². The molecule has 0 saturated heterocycles. The predicted octanol–water partition coefficient (Wildman–Crippen LogP) is 5.92. The Kier molecular flexibility index (Phi) is 6.20. The molecule has 0 amide bonds. The van der Waals surface area contributed by atoms with Gasteiger partial charge in [0, 0.05) is 23.1 Å². The molecule has 2 aromatic carbocycles. The molecule has 1 aliphatic heterocycles. The zero-order chi connectivity index (χ0) is 22.0. The van der Waals surface area contributed by atoms with E-state index in [-0.39, 0.29) is 35.4 Å². The summed E-state index contributed by atoms with van der Waals surface area (Å²) in [5, 5.41) is 30.5. The molecule has 158 valence electrons. The Bertz CT molecular complexity index is 1010. The molecule has 0 saturated carbocycles. The third kappa shape index (κ3) is 4.35. The minimum absolute atomic E-state index is 0.0577. The van der Waals surface area contributed by atoms with Gasteiger partial charge in [-0.15, -0.1) is 0 Å². The zero-order valence-corrected chi connectivity index (χ0v) is 17.6. The molecule has 0 radical (unpaired) electrons. The SMILES string of the molecule is C=C(C)C(CCC=C(C)C)c1c(O)ccc2c1OC(c1ccc(O)cc1O)CC2=O. The molecule has 1 aliphatic rings. The van der Waals surface area contributed by atoms with Crippen molar-refractivity contribution >= 4 is 5.78 Å². The Labute approximate surface area is 177 Å². The van der Waals surface area contributed by atoms with Crippen LogP contribution in [0, 0.1) is 0 Å². The average molecular weight is 408 g/mol. The van der Waals surface area contributed by atoms with Crippen LogP contribution in [-0.2, 0) is 0 Å². The van der Waals surface area contributed by atoms with E-state index in [0.717, 1.165) is 18.4 Å². The van der Waals surface area contributed by atoms with Crippen LogP contribution >= 0.6 is 0 Å². The summed E-state index contributed by atoms with van der Waals surface area (Å²) < 4.78 is 6.20. The molecule has 30 heavy (non-hydrogen) atoms. The minimum atomic E-state index is -0.713. The van der Waals surface area contributed by atoms with Gasteiger partial charge in [-0.25, -0.2) is 0 Å². The van der Waals surface area contributed by atoms with E-state index < -0.39 is 6.10 Å². The van der Waals surface area contributed by atoms with E-state index in [1.54, 1.807) is 12.1 Å². The van der Waals surface area contributed by atoms with Crippen LogP contribution in [-0.4, -0.2) is 21.1 Å². The second kappa shape index (κ2) is 8.66. The van der Waals surface area contributed by atoms with Crippen molar-refractivity contribution in [3.63, 3.8) is 0 Å². The summed E-state index contributed by atoms with van der Waals surface area (Å²) >= 11 is 0. The highest BCUT2D eigenvalue weighted by Crippen LogP contribution is 2.47. The number of benzene rings is 2. The molecule has 2 unspecified atom stereocenters. The van der Waals surface area contributed by atoms with Crippen molar-refractivity contribution < 1.29 is 24.9 Å². The largest absolute Gasteiger partial charge is 0.508 e. The molecular weight excluding hydrogens is 380 g/mol. The number of aromatic hydroxyl groups is 3. The fourth-order valence-electron chi connectivity index (χ4n) is 3.89. The number of phenolic OH excluding ortho intramolecular Hbond substituents is 3. The van der Waals surface area contributed by atoms with Crippen molar-refractivity contribution in [2.24, 2.45) is 0 Å². The van der Waals surface area contributed by atoms with Crippen LogP contribution in [0.3, 0.4) is 0 Å². The highest BCUT2D eigenvalue weighted by atomic mass is 16.5. The summed E-state index contributed by atoms with van der Waals surface area (Å²) in [5.74, 6) is -0.122. The molecule has 2 atom stereocenters. The highest BCUT2D eigenvalue weighted by Gasteiger charge is 2.34. The van der Waals surface area contributed by atoms with Gasteiger partial charge in [0.1, 0.15) is 29.1 Å². The third-order valence-electron chi connectivity index (χ3n) is 5.42. The summed E-state index contributed by atoms with van der Waals surface area (Å²) in [7, 11) is 0. The number of ether oxygens (including phenoxy) is 1. The number of rotatable bonds is 6. The van der Waals surface area contributed by atoms with E-state index in [2.05, 4.69) is 12.7 Å². The van der Waals surface area contributed by atoms with Crippen molar-refractivity contribution in [1.82, 2.24) is 0 Å². The topological polar surface area (TPSA) is 87.0 Å². The van der Waals surface area contributed by atoms with E-state index in [9.17, 15) is 20.1 Å². The summed E-state index contributed by atoms with van der Waals surface area (Å²) in [5.41, 5.74) is 3.47. The Morgan fingerprint density at radius 1 is 1.17 bits per heavy atom. The van der Waals surface area contributed by atoms with Gasteiger partial charge < -0.3 is 20.1 Å². The maximum Gasteiger partial charge on any atom is 0.170 e. The summed E-state index contributed by atoms with van der Waals surface area (Å²) in [4.78, 5) is 12.9. The van der Waals surface area contributed by atoms with E-state index in [0.29, 0.717) is 22.4 Å². The Morgan fingerprint density at radius 2 is 1.90 bits per heavy atom. The summed E-state index contributed by atoms with van der Waals surface area (Å²) in [6, 6.07) is 7.32. The van der Waals surface area contributed by atoms with Gasteiger partial charge in [-0.1, -0.05) is 23.8 Å². The molecule has 1 heterocycles. The van der Waals surface area contributed by atoms with E-state index in [4.69, 9.17) is 4.74 Å². The van der Waals surface area contributed by atoms with E-state index in [1.165, 1.54) is 23.8 Å². The number of hydrogen-bond acceptors (Lipinski definition) is 5. The first kappa shape index (κ1) is 21.5. The van der Waals surface area contributed by atoms with Crippen LogP contribution in [0.15, 0.2) is 54.1 Å². The van der Waals surface area contributed by atoms with Crippen molar-refractivity contribution in [2.75, 3.05) is 0 Å². The number of carbonyl (C=O) groups excluding carboxylic acids is 1. The van der Waals surface area contributed by atoms with Crippen molar-refractivity contribution in [1.29, 1.82) is 0 Å². The van der Waals surface area contributed by atoms with Crippen LogP contribution in [0.2, 0.25) is 0 Å². The van der Waals surface area contributed by atoms with Crippen LogP contribution in [0.25, 0.3) is 0 Å². The standard InChI is InChI=1S/C25H28O5/c1-14(2)6-5-7-17(15(3)4)24-20(27)11-10-19-22(29)13-23(30-25(19)24)18-9-8-16(26)12-21(18)28/h6,8-12,17,23,26-28H,3,5,7,13H2,1-2,4H3. The van der Waals surface area contributed by atoms with Gasteiger partial charge >= 0.3 is 0 Å². The van der Waals surface area contributed by atoms with E-state index in [1.807, 2.05) is 20.8 Å². The molecule has 2 aromatic rings. The van der Waals surface area contributed by atoms with Crippen molar-refractivity contribution in [3.05, 3.63) is 70.8 Å². The molecule has 0 spiro atoms. The fraction of sp³-hybridized carbons (Fsp3) is 0.320. The van der Waals surface area contributed by atoms with Crippen LogP contribution < -0.4 is 4.74 Å². The van der Waals surface area contributed by atoms with Gasteiger partial charge in [-0.05, 0) is 57.9 Å². The van der Waals surface area contributed by atoms with Gasteiger partial charge in [0.2, 0.25) is 0 Å². The van der Waals surface area contributed by atoms with Crippen LogP contribution in [0.4, 0.5) is 0 Å². The number of hydrogen-bond donors (Lipinski definition) is 3. The molecule has 5 nitrogen and oxygen atoms in total. The number of Topliss-reactive ketones (excluding diaryl/α,β-unsaturated/α-hetero) is 1. The zero-order valence-electron chi connectivity index (χ0n) is 17.6. The third-order valence-corrected chi connectivity index (χ3v) is 5.42. The molecule has 3 N–H and O–H groups in total. The highest BCUT2D eigenvalue weighted by molar-refractivity contribution is 6.01. The first-order valence-corrected chi connectivity index (χ1v) is 10.1. The molecule has 0 fully saturated rings. The van der Waals surface area contributed by atoms with E-state index >= 15 is 0 Å². The first-order chi connectivity index (χ1) is 14.2.